The number of hydrogen-bond acceptors (Lipinski definition) is 4. The third-order valence-corrected chi connectivity index (χ3v) is 1.90. The zero-order valence-corrected chi connectivity index (χ0v) is 9.95. The van der Waals surface area contributed by atoms with E-state index in [0.29, 0.717) is 24.1 Å². The molecule has 0 atom stereocenters. The summed E-state index contributed by atoms with van der Waals surface area (Å²) in [7, 11) is 3.37. The molecule has 0 saturated carbocycles. The molecular formula is C9H14ClN5O. The van der Waals surface area contributed by atoms with Gasteiger partial charge in [0.25, 0.3) is 0 Å². The Morgan fingerprint density at radius 2 is 2.19 bits per heavy atom. The van der Waals surface area contributed by atoms with Crippen molar-refractivity contribution in [2.45, 2.75) is 0 Å². The van der Waals surface area contributed by atoms with Gasteiger partial charge in [-0.1, -0.05) is 11.6 Å². The average Bonchev–Trinajstić information content (AvgIpc) is 2.24. The van der Waals surface area contributed by atoms with E-state index < -0.39 is 0 Å². The maximum Gasteiger partial charge on any atom is 0.316 e. The van der Waals surface area contributed by atoms with Crippen molar-refractivity contribution >= 4 is 23.4 Å². The van der Waals surface area contributed by atoms with Crippen LogP contribution in [0.1, 0.15) is 0 Å². The lowest BCUT2D eigenvalue weighted by molar-refractivity contribution is 0.218. The highest BCUT2D eigenvalue weighted by atomic mass is 35.5. The highest BCUT2D eigenvalue weighted by molar-refractivity contribution is 6.29. The fraction of sp³-hybridized carbons (Fsp3) is 0.444. The van der Waals surface area contributed by atoms with Crippen LogP contribution in [-0.2, 0) is 0 Å². The van der Waals surface area contributed by atoms with E-state index in [1.165, 1.54) is 11.1 Å². The number of nitrogens with one attached hydrogen (secondary N) is 2. The Balaban J connectivity index is 2.23. The van der Waals surface area contributed by atoms with Gasteiger partial charge in [-0.15, -0.1) is 0 Å². The van der Waals surface area contributed by atoms with Gasteiger partial charge < -0.3 is 15.5 Å². The number of nitrogens with zero attached hydrogens (tertiary/aromatic N) is 3. The minimum Gasteiger partial charge on any atom is -0.367 e. The molecule has 0 saturated heterocycles. The number of urea groups is 1. The summed E-state index contributed by atoms with van der Waals surface area (Å²) in [5.41, 5.74) is 0. The number of aromatic nitrogens is 2. The molecule has 0 unspecified atom stereocenters. The maximum atomic E-state index is 11.1. The number of rotatable bonds is 4. The Bertz CT molecular complexity index is 358. The second kappa shape index (κ2) is 6.12. The number of hydrogen-bond donors (Lipinski definition) is 2. The first-order chi connectivity index (χ1) is 7.59. The Kier molecular flexibility index (Phi) is 4.78. The molecule has 0 aliphatic heterocycles. The van der Waals surface area contributed by atoms with Crippen LogP contribution in [0.2, 0.25) is 5.15 Å². The average molecular weight is 244 g/mol. The molecule has 1 aromatic heterocycles. The number of amides is 2. The van der Waals surface area contributed by atoms with E-state index in [1.54, 1.807) is 20.3 Å². The molecule has 0 aliphatic rings. The summed E-state index contributed by atoms with van der Waals surface area (Å²) >= 11 is 5.66. The van der Waals surface area contributed by atoms with Crippen LogP contribution in [0.5, 0.6) is 0 Å². The molecule has 0 aromatic carbocycles. The summed E-state index contributed by atoms with van der Waals surface area (Å²) in [4.78, 5) is 20.5. The van der Waals surface area contributed by atoms with E-state index in [4.69, 9.17) is 11.6 Å². The monoisotopic (exact) mass is 243 g/mol. The molecule has 1 rings (SSSR count). The molecule has 16 heavy (non-hydrogen) atoms. The van der Waals surface area contributed by atoms with Crippen LogP contribution in [-0.4, -0.2) is 48.1 Å². The Morgan fingerprint density at radius 3 is 2.81 bits per heavy atom. The van der Waals surface area contributed by atoms with Crippen molar-refractivity contribution in [3.05, 3.63) is 17.5 Å². The summed E-state index contributed by atoms with van der Waals surface area (Å²) in [6.45, 7) is 1.07. The van der Waals surface area contributed by atoms with Crippen LogP contribution < -0.4 is 10.6 Å². The van der Waals surface area contributed by atoms with Crippen molar-refractivity contribution in [1.29, 1.82) is 0 Å². The SMILES string of the molecule is CN(C)C(=O)NCCNc1cncc(Cl)n1. The van der Waals surface area contributed by atoms with Gasteiger partial charge in [0.05, 0.1) is 12.4 Å². The van der Waals surface area contributed by atoms with Gasteiger partial charge in [0, 0.05) is 27.2 Å². The molecule has 1 heterocycles. The van der Waals surface area contributed by atoms with Crippen molar-refractivity contribution in [3.8, 4) is 0 Å². The molecule has 88 valence electrons. The predicted octanol–water partition coefficient (Wildman–Crippen LogP) is 0.813. The molecule has 2 amide bonds. The molecule has 0 fully saturated rings. The zero-order chi connectivity index (χ0) is 12.0. The number of carbonyl (C=O) groups excluding carboxylic acids is 1. The minimum absolute atomic E-state index is 0.126. The van der Waals surface area contributed by atoms with Crippen LogP contribution in [0, 0.1) is 0 Å². The van der Waals surface area contributed by atoms with Crippen LogP contribution in [0.15, 0.2) is 12.4 Å². The lowest BCUT2D eigenvalue weighted by Gasteiger charge is -2.12. The molecule has 0 bridgehead atoms. The van der Waals surface area contributed by atoms with Crippen molar-refractivity contribution in [2.75, 3.05) is 32.5 Å². The second-order valence-corrected chi connectivity index (χ2v) is 3.67. The first kappa shape index (κ1) is 12.5. The molecule has 0 radical (unpaired) electrons. The Hall–Kier alpha value is -1.56. The molecule has 6 nitrogen and oxygen atoms in total. The number of halogens is 1. The van der Waals surface area contributed by atoms with E-state index in [9.17, 15) is 4.79 Å². The first-order valence-corrected chi connectivity index (χ1v) is 5.14. The molecule has 1 aromatic rings. The lowest BCUT2D eigenvalue weighted by atomic mass is 10.5. The fourth-order valence-electron chi connectivity index (χ4n) is 0.945. The third kappa shape index (κ3) is 4.31. The van der Waals surface area contributed by atoms with Gasteiger partial charge in [-0.2, -0.15) is 0 Å². The summed E-state index contributed by atoms with van der Waals surface area (Å²) in [6, 6.07) is -0.126. The van der Waals surface area contributed by atoms with Crippen LogP contribution in [0.25, 0.3) is 0 Å². The summed E-state index contributed by atoms with van der Waals surface area (Å²) in [5.74, 6) is 0.589. The van der Waals surface area contributed by atoms with Gasteiger partial charge >= 0.3 is 6.03 Å². The van der Waals surface area contributed by atoms with Gasteiger partial charge in [0.2, 0.25) is 0 Å². The summed E-state index contributed by atoms with van der Waals surface area (Å²) in [5, 5.41) is 6.03. The van der Waals surface area contributed by atoms with E-state index >= 15 is 0 Å². The largest absolute Gasteiger partial charge is 0.367 e. The third-order valence-electron chi connectivity index (χ3n) is 1.72. The normalized spacial score (nSPS) is 9.69. The summed E-state index contributed by atoms with van der Waals surface area (Å²) in [6.07, 6.45) is 3.03. The second-order valence-electron chi connectivity index (χ2n) is 3.28. The van der Waals surface area contributed by atoms with Gasteiger partial charge in [0.15, 0.2) is 0 Å². The highest BCUT2D eigenvalue weighted by Gasteiger charge is 2.01. The van der Waals surface area contributed by atoms with Crippen molar-refractivity contribution in [1.82, 2.24) is 20.2 Å². The van der Waals surface area contributed by atoms with Crippen molar-refractivity contribution < 1.29 is 4.79 Å². The van der Waals surface area contributed by atoms with Crippen LogP contribution in [0.3, 0.4) is 0 Å². The van der Waals surface area contributed by atoms with Crippen LogP contribution >= 0.6 is 11.6 Å². The molecule has 0 aliphatic carbocycles. The van der Waals surface area contributed by atoms with Crippen molar-refractivity contribution in [2.24, 2.45) is 0 Å². The topological polar surface area (TPSA) is 70.2 Å². The number of carbonyl (C=O) groups is 1. The Labute approximate surface area is 99.0 Å². The van der Waals surface area contributed by atoms with Crippen LogP contribution in [0.4, 0.5) is 10.6 Å². The molecule has 7 heteroatoms. The first-order valence-electron chi connectivity index (χ1n) is 4.76. The smallest absolute Gasteiger partial charge is 0.316 e. The van der Waals surface area contributed by atoms with Crippen molar-refractivity contribution in [3.63, 3.8) is 0 Å². The van der Waals surface area contributed by atoms with E-state index in [1.807, 2.05) is 0 Å². The minimum atomic E-state index is -0.126. The molecule has 0 spiro atoms. The zero-order valence-electron chi connectivity index (χ0n) is 9.20. The van der Waals surface area contributed by atoms with E-state index in [2.05, 4.69) is 20.6 Å². The predicted molar refractivity (Wildman–Crippen MR) is 62.6 cm³/mol. The fourth-order valence-corrected chi connectivity index (χ4v) is 1.09. The number of anilines is 1. The lowest BCUT2D eigenvalue weighted by Crippen LogP contribution is -2.37. The van der Waals surface area contributed by atoms with Gasteiger partial charge in [-0.3, -0.25) is 4.98 Å². The van der Waals surface area contributed by atoms with Gasteiger partial charge in [0.1, 0.15) is 11.0 Å². The van der Waals surface area contributed by atoms with E-state index in [0.717, 1.165) is 0 Å². The Morgan fingerprint density at radius 1 is 1.44 bits per heavy atom. The van der Waals surface area contributed by atoms with Gasteiger partial charge in [-0.25, -0.2) is 9.78 Å². The van der Waals surface area contributed by atoms with E-state index in [-0.39, 0.29) is 6.03 Å². The maximum absolute atomic E-state index is 11.1. The quantitative estimate of drug-likeness (QED) is 0.768. The standard InChI is InChI=1S/C9H14ClN5O/c1-15(2)9(16)13-4-3-12-8-6-11-5-7(10)14-8/h5-6H,3-4H2,1-2H3,(H,12,14)(H,13,16). The molecule has 2 N–H and O–H groups in total. The molecular weight excluding hydrogens is 230 g/mol. The summed E-state index contributed by atoms with van der Waals surface area (Å²) < 4.78 is 0. The van der Waals surface area contributed by atoms with Gasteiger partial charge in [-0.05, 0) is 0 Å². The highest BCUT2D eigenvalue weighted by Crippen LogP contribution is 2.05.